The Labute approximate surface area is 132 Å². The third-order valence-electron chi connectivity index (χ3n) is 3.75. The average molecular weight is 302 g/mol. The summed E-state index contributed by atoms with van der Waals surface area (Å²) in [6, 6.07) is 5.89. The zero-order valence-electron chi connectivity index (χ0n) is 14.4. The van der Waals surface area contributed by atoms with Crippen LogP contribution in [0, 0.1) is 12.3 Å². The van der Waals surface area contributed by atoms with Gasteiger partial charge in [0.05, 0.1) is 5.69 Å². The molecule has 0 aliphatic rings. The Balaban J connectivity index is 2.30. The number of H-pyrrole nitrogens is 1. The quantitative estimate of drug-likeness (QED) is 0.858. The molecule has 4 nitrogen and oxygen atoms in total. The Morgan fingerprint density at radius 1 is 1.27 bits per heavy atom. The minimum absolute atomic E-state index is 0.123. The summed E-state index contributed by atoms with van der Waals surface area (Å²) < 4.78 is 5.85. The fourth-order valence-corrected chi connectivity index (χ4v) is 2.35. The Morgan fingerprint density at radius 3 is 2.55 bits per heavy atom. The highest BCUT2D eigenvalue weighted by molar-refractivity contribution is 6.03. The summed E-state index contributed by atoms with van der Waals surface area (Å²) in [5.74, 6) is 1.00. The Bertz CT molecular complexity index is 678. The molecule has 2 aromatic rings. The van der Waals surface area contributed by atoms with Gasteiger partial charge in [-0.05, 0) is 39.2 Å². The number of ether oxygens (including phenoxy) is 1. The number of fused-ring (bicyclic) bond motifs is 1. The van der Waals surface area contributed by atoms with Crippen molar-refractivity contribution in [3.8, 4) is 5.75 Å². The van der Waals surface area contributed by atoms with Crippen molar-refractivity contribution in [2.75, 3.05) is 27.2 Å². The third-order valence-corrected chi connectivity index (χ3v) is 3.75. The highest BCUT2D eigenvalue weighted by atomic mass is 16.5. The van der Waals surface area contributed by atoms with E-state index in [0.29, 0.717) is 12.3 Å². The van der Waals surface area contributed by atoms with E-state index in [2.05, 4.69) is 9.88 Å². The molecule has 2 rings (SSSR count). The van der Waals surface area contributed by atoms with Crippen LogP contribution in [-0.4, -0.2) is 42.9 Å². The summed E-state index contributed by atoms with van der Waals surface area (Å²) in [6.07, 6.45) is 0. The van der Waals surface area contributed by atoms with E-state index in [9.17, 15) is 4.79 Å². The average Bonchev–Trinajstić information content (AvgIpc) is 2.84. The number of Topliss-reactive ketones (excluding diaryl/α,β-unsaturated/α-hetero) is 1. The number of nitrogens with zero attached hydrogens (tertiary/aromatic N) is 1. The van der Waals surface area contributed by atoms with E-state index in [0.717, 1.165) is 28.8 Å². The Morgan fingerprint density at radius 2 is 1.95 bits per heavy atom. The lowest BCUT2D eigenvalue weighted by Crippen LogP contribution is -2.20. The van der Waals surface area contributed by atoms with Gasteiger partial charge >= 0.3 is 0 Å². The van der Waals surface area contributed by atoms with E-state index < -0.39 is 0 Å². The van der Waals surface area contributed by atoms with E-state index in [4.69, 9.17) is 4.74 Å². The van der Waals surface area contributed by atoms with Gasteiger partial charge in [-0.2, -0.15) is 0 Å². The number of nitrogens with one attached hydrogen (secondary N) is 1. The van der Waals surface area contributed by atoms with Crippen molar-refractivity contribution in [1.82, 2.24) is 9.88 Å². The molecule has 4 heteroatoms. The van der Waals surface area contributed by atoms with Crippen molar-refractivity contribution in [3.05, 3.63) is 29.5 Å². The van der Waals surface area contributed by atoms with Gasteiger partial charge < -0.3 is 14.6 Å². The van der Waals surface area contributed by atoms with Crippen molar-refractivity contribution >= 4 is 16.7 Å². The number of aromatic nitrogens is 1. The molecule has 0 amide bonds. The molecule has 1 heterocycles. The number of aromatic amines is 1. The van der Waals surface area contributed by atoms with E-state index in [1.807, 2.05) is 60.0 Å². The summed E-state index contributed by atoms with van der Waals surface area (Å²) in [7, 11) is 4.05. The van der Waals surface area contributed by atoms with Crippen molar-refractivity contribution in [2.45, 2.75) is 27.7 Å². The second-order valence-electron chi connectivity index (χ2n) is 7.06. The van der Waals surface area contributed by atoms with Crippen molar-refractivity contribution < 1.29 is 9.53 Å². The van der Waals surface area contributed by atoms with Crippen LogP contribution in [0.1, 0.15) is 36.8 Å². The molecule has 0 atom stereocenters. The van der Waals surface area contributed by atoms with Crippen LogP contribution in [0.5, 0.6) is 5.75 Å². The van der Waals surface area contributed by atoms with Gasteiger partial charge in [-0.25, -0.2) is 0 Å². The maximum Gasteiger partial charge on any atom is 0.184 e. The van der Waals surface area contributed by atoms with Crippen molar-refractivity contribution in [3.63, 3.8) is 0 Å². The number of carbonyl (C=O) groups excluding carboxylic acids is 1. The maximum atomic E-state index is 12.4. The monoisotopic (exact) mass is 302 g/mol. The zero-order valence-corrected chi connectivity index (χ0v) is 14.4. The van der Waals surface area contributed by atoms with Crippen LogP contribution in [0.4, 0.5) is 0 Å². The predicted molar refractivity (Wildman–Crippen MR) is 90.9 cm³/mol. The molecule has 120 valence electrons. The Hall–Kier alpha value is -1.81. The molecule has 1 aromatic carbocycles. The highest BCUT2D eigenvalue weighted by Crippen LogP contribution is 2.30. The molecular weight excluding hydrogens is 276 g/mol. The van der Waals surface area contributed by atoms with Crippen LogP contribution in [0.2, 0.25) is 0 Å². The molecule has 1 N–H and O–H groups in total. The number of hydrogen-bond donors (Lipinski definition) is 1. The molecule has 0 fully saturated rings. The first-order valence-electron chi connectivity index (χ1n) is 7.65. The molecule has 0 spiro atoms. The lowest BCUT2D eigenvalue weighted by molar-refractivity contribution is 0.0854. The largest absolute Gasteiger partial charge is 0.492 e. The van der Waals surface area contributed by atoms with Gasteiger partial charge in [-0.15, -0.1) is 0 Å². The number of likely N-dealkylation sites (N-methyl/N-ethyl adjacent to an activating group) is 1. The summed E-state index contributed by atoms with van der Waals surface area (Å²) in [6.45, 7) is 9.36. The summed E-state index contributed by atoms with van der Waals surface area (Å²) in [5, 5.41) is 1.05. The van der Waals surface area contributed by atoms with Crippen LogP contribution in [0.25, 0.3) is 10.9 Å². The van der Waals surface area contributed by atoms with Crippen LogP contribution in [0.15, 0.2) is 18.2 Å². The van der Waals surface area contributed by atoms with E-state index in [1.165, 1.54) is 0 Å². The Kier molecular flexibility index (Phi) is 4.61. The van der Waals surface area contributed by atoms with Gasteiger partial charge in [0.15, 0.2) is 5.78 Å². The molecule has 22 heavy (non-hydrogen) atoms. The summed E-state index contributed by atoms with van der Waals surface area (Å²) in [4.78, 5) is 17.7. The molecule has 0 radical (unpaired) electrons. The zero-order chi connectivity index (χ0) is 16.5. The summed E-state index contributed by atoms with van der Waals surface area (Å²) >= 11 is 0. The van der Waals surface area contributed by atoms with Gasteiger partial charge in [0.25, 0.3) is 0 Å². The number of hydrogen-bond acceptors (Lipinski definition) is 3. The standard InChI is InChI=1S/C18H26N2O2/c1-12-13-11-15(17(21)18(2,3)4)19-14(13)7-8-16(12)22-10-9-20(5)6/h7-8,11,19H,9-10H2,1-6H3. The lowest BCUT2D eigenvalue weighted by Gasteiger charge is -2.14. The number of ketones is 1. The van der Waals surface area contributed by atoms with Gasteiger partial charge in [0.2, 0.25) is 0 Å². The number of rotatable bonds is 5. The molecule has 0 aliphatic carbocycles. The molecule has 0 bridgehead atoms. The van der Waals surface area contributed by atoms with Crippen LogP contribution in [0.3, 0.4) is 0 Å². The molecule has 1 aromatic heterocycles. The van der Waals surface area contributed by atoms with Gasteiger partial charge in [-0.3, -0.25) is 4.79 Å². The van der Waals surface area contributed by atoms with E-state index >= 15 is 0 Å². The first-order chi connectivity index (χ1) is 10.2. The lowest BCUT2D eigenvalue weighted by atomic mass is 9.89. The van der Waals surface area contributed by atoms with Crippen LogP contribution < -0.4 is 4.74 Å². The van der Waals surface area contributed by atoms with Gasteiger partial charge in [0, 0.05) is 28.4 Å². The van der Waals surface area contributed by atoms with E-state index in [-0.39, 0.29) is 11.2 Å². The smallest absolute Gasteiger partial charge is 0.184 e. The number of aryl methyl sites for hydroxylation is 1. The molecular formula is C18H26N2O2. The first-order valence-corrected chi connectivity index (χ1v) is 7.65. The van der Waals surface area contributed by atoms with Crippen LogP contribution in [-0.2, 0) is 0 Å². The topological polar surface area (TPSA) is 45.3 Å². The van der Waals surface area contributed by atoms with Gasteiger partial charge in [-0.1, -0.05) is 20.8 Å². The molecule has 0 aliphatic heterocycles. The number of carbonyl (C=O) groups is 1. The van der Waals surface area contributed by atoms with Crippen molar-refractivity contribution in [2.24, 2.45) is 5.41 Å². The summed E-state index contributed by atoms with van der Waals surface area (Å²) in [5.41, 5.74) is 2.32. The minimum atomic E-state index is -0.389. The first kappa shape index (κ1) is 16.6. The fourth-order valence-electron chi connectivity index (χ4n) is 2.35. The highest BCUT2D eigenvalue weighted by Gasteiger charge is 2.24. The van der Waals surface area contributed by atoms with Crippen molar-refractivity contribution in [1.29, 1.82) is 0 Å². The predicted octanol–water partition coefficient (Wildman–Crippen LogP) is 3.65. The van der Waals surface area contributed by atoms with E-state index in [1.54, 1.807) is 0 Å². The molecule has 0 saturated heterocycles. The fraction of sp³-hybridized carbons (Fsp3) is 0.500. The van der Waals surface area contributed by atoms with Gasteiger partial charge in [0.1, 0.15) is 12.4 Å². The minimum Gasteiger partial charge on any atom is -0.492 e. The third kappa shape index (κ3) is 3.50. The maximum absolute atomic E-state index is 12.4. The number of benzene rings is 1. The second-order valence-corrected chi connectivity index (χ2v) is 7.06. The normalized spacial score (nSPS) is 12.1. The molecule has 0 saturated carbocycles. The molecule has 0 unspecified atom stereocenters. The second kappa shape index (κ2) is 6.13. The van der Waals surface area contributed by atoms with Crippen LogP contribution >= 0.6 is 0 Å². The SMILES string of the molecule is Cc1c(OCCN(C)C)ccc2[nH]c(C(=O)C(C)(C)C)cc12.